The lowest BCUT2D eigenvalue weighted by Crippen LogP contribution is -2.40. The van der Waals surface area contributed by atoms with Crippen LogP contribution in [-0.4, -0.2) is 39.8 Å². The molecule has 1 fully saturated rings. The first-order chi connectivity index (χ1) is 14.6. The summed E-state index contributed by atoms with van der Waals surface area (Å²) in [4.78, 5) is 39.4. The minimum Gasteiger partial charge on any atom is -0.347 e. The summed E-state index contributed by atoms with van der Waals surface area (Å²) in [5, 5.41) is 6.87. The van der Waals surface area contributed by atoms with Crippen molar-refractivity contribution in [1.29, 1.82) is 0 Å². The molecule has 7 nitrogen and oxygen atoms in total. The molecule has 1 aromatic heterocycles. The van der Waals surface area contributed by atoms with Crippen molar-refractivity contribution in [2.24, 2.45) is 0 Å². The number of anilines is 2. The molecular weight excluding hydrogens is 380 g/mol. The lowest BCUT2D eigenvalue weighted by molar-refractivity contribution is -0.119. The summed E-state index contributed by atoms with van der Waals surface area (Å²) in [6, 6.07) is 14.7. The number of para-hydroxylation sites is 1. The highest BCUT2D eigenvalue weighted by molar-refractivity contribution is 6.11. The molecule has 0 bridgehead atoms. The van der Waals surface area contributed by atoms with Gasteiger partial charge in [-0.2, -0.15) is 0 Å². The van der Waals surface area contributed by atoms with E-state index in [1.165, 1.54) is 0 Å². The van der Waals surface area contributed by atoms with Crippen LogP contribution in [0.1, 0.15) is 29.6 Å². The summed E-state index contributed by atoms with van der Waals surface area (Å²) < 4.78 is 2.05. The average molecular weight is 402 g/mol. The zero-order valence-electron chi connectivity index (χ0n) is 16.4. The van der Waals surface area contributed by atoms with Gasteiger partial charge in [0.25, 0.3) is 5.91 Å². The van der Waals surface area contributed by atoms with Crippen molar-refractivity contribution < 1.29 is 14.4 Å². The summed E-state index contributed by atoms with van der Waals surface area (Å²) >= 11 is 0. The molecular formula is C23H22N4O3. The number of aryl methyl sites for hydroxylation is 1. The predicted molar refractivity (Wildman–Crippen MR) is 114 cm³/mol. The van der Waals surface area contributed by atoms with E-state index in [9.17, 15) is 14.4 Å². The molecule has 30 heavy (non-hydrogen) atoms. The van der Waals surface area contributed by atoms with Gasteiger partial charge in [0.15, 0.2) is 0 Å². The van der Waals surface area contributed by atoms with Crippen LogP contribution in [0.3, 0.4) is 0 Å². The molecule has 0 radical (unpaired) electrons. The van der Waals surface area contributed by atoms with E-state index in [1.54, 1.807) is 23.1 Å². The van der Waals surface area contributed by atoms with Crippen molar-refractivity contribution in [2.75, 3.05) is 17.2 Å². The van der Waals surface area contributed by atoms with Gasteiger partial charge in [-0.05, 0) is 48.6 Å². The number of hydrogen-bond donors (Lipinski definition) is 2. The standard InChI is InChI=1S/C23H22N4O3/c28-21(10-13-26-12-9-15-4-1-2-5-19(15)26)24-16-7-8-18-17(14-16)23(30)27-11-3-6-20(27)22(29)25-18/h1-2,4-5,7-9,12,14,20H,3,6,10-11,13H2,(H,24,28)(H,25,29)/t20-/m1/s1. The molecule has 152 valence electrons. The Bertz CT molecular complexity index is 1170. The molecule has 1 saturated heterocycles. The smallest absolute Gasteiger partial charge is 0.256 e. The highest BCUT2D eigenvalue weighted by Gasteiger charge is 2.38. The van der Waals surface area contributed by atoms with Gasteiger partial charge < -0.3 is 20.1 Å². The second-order valence-corrected chi connectivity index (χ2v) is 7.77. The Morgan fingerprint density at radius 1 is 1.13 bits per heavy atom. The van der Waals surface area contributed by atoms with Crippen LogP contribution in [-0.2, 0) is 16.1 Å². The molecule has 0 spiro atoms. The summed E-state index contributed by atoms with van der Waals surface area (Å²) in [7, 11) is 0. The predicted octanol–water partition coefficient (Wildman–Crippen LogP) is 3.23. The minimum atomic E-state index is -0.403. The van der Waals surface area contributed by atoms with Crippen LogP contribution in [0.4, 0.5) is 11.4 Å². The molecule has 3 heterocycles. The molecule has 5 rings (SSSR count). The maximum atomic E-state index is 12.9. The van der Waals surface area contributed by atoms with Crippen molar-refractivity contribution in [1.82, 2.24) is 9.47 Å². The van der Waals surface area contributed by atoms with Crippen LogP contribution in [0, 0.1) is 0 Å². The molecule has 0 unspecified atom stereocenters. The zero-order chi connectivity index (χ0) is 20.7. The van der Waals surface area contributed by atoms with Crippen molar-refractivity contribution in [2.45, 2.75) is 31.8 Å². The van der Waals surface area contributed by atoms with Crippen molar-refractivity contribution >= 4 is 40.0 Å². The number of rotatable bonds is 4. The molecule has 2 N–H and O–H groups in total. The number of nitrogens with zero attached hydrogens (tertiary/aromatic N) is 2. The van der Waals surface area contributed by atoms with E-state index in [0.29, 0.717) is 42.9 Å². The monoisotopic (exact) mass is 402 g/mol. The van der Waals surface area contributed by atoms with Crippen molar-refractivity contribution in [3.63, 3.8) is 0 Å². The average Bonchev–Trinajstić information content (AvgIpc) is 3.38. The number of amides is 3. The highest BCUT2D eigenvalue weighted by atomic mass is 16.2. The summed E-state index contributed by atoms with van der Waals surface area (Å²) in [6.45, 7) is 1.15. The Kier molecular flexibility index (Phi) is 4.50. The molecule has 0 aliphatic carbocycles. The van der Waals surface area contributed by atoms with Gasteiger partial charge in [0, 0.05) is 36.9 Å². The molecule has 3 amide bonds. The summed E-state index contributed by atoms with van der Waals surface area (Å²) in [5.74, 6) is -0.437. The second kappa shape index (κ2) is 7.33. The third kappa shape index (κ3) is 3.22. The molecule has 1 atom stereocenters. The summed E-state index contributed by atoms with van der Waals surface area (Å²) in [6.07, 6.45) is 3.80. The number of aromatic nitrogens is 1. The van der Waals surface area contributed by atoms with E-state index in [2.05, 4.69) is 15.2 Å². The maximum absolute atomic E-state index is 12.9. The first kappa shape index (κ1) is 18.4. The molecule has 2 aliphatic rings. The second-order valence-electron chi connectivity index (χ2n) is 7.77. The van der Waals surface area contributed by atoms with E-state index in [0.717, 1.165) is 17.3 Å². The maximum Gasteiger partial charge on any atom is 0.256 e. The van der Waals surface area contributed by atoms with Gasteiger partial charge in [0.2, 0.25) is 11.8 Å². The van der Waals surface area contributed by atoms with Crippen molar-refractivity contribution in [3.8, 4) is 0 Å². The molecule has 2 aliphatic heterocycles. The molecule has 2 aromatic carbocycles. The van der Waals surface area contributed by atoms with E-state index in [1.807, 2.05) is 36.5 Å². The van der Waals surface area contributed by atoms with Crippen LogP contribution >= 0.6 is 0 Å². The fraction of sp³-hybridized carbons (Fsp3) is 0.261. The number of nitrogens with one attached hydrogen (secondary N) is 2. The van der Waals surface area contributed by atoms with Crippen LogP contribution < -0.4 is 10.6 Å². The Morgan fingerprint density at radius 2 is 2.00 bits per heavy atom. The third-order valence-electron chi connectivity index (χ3n) is 5.87. The van der Waals surface area contributed by atoms with Crippen LogP contribution in [0.2, 0.25) is 0 Å². The normalized spacial score (nSPS) is 18.0. The number of fused-ring (bicyclic) bond motifs is 3. The van der Waals surface area contributed by atoms with Gasteiger partial charge >= 0.3 is 0 Å². The lowest BCUT2D eigenvalue weighted by atomic mass is 10.1. The van der Waals surface area contributed by atoms with Crippen LogP contribution in [0.5, 0.6) is 0 Å². The summed E-state index contributed by atoms with van der Waals surface area (Å²) in [5.41, 5.74) is 2.56. The quantitative estimate of drug-likeness (QED) is 0.703. The zero-order valence-corrected chi connectivity index (χ0v) is 16.4. The fourth-order valence-corrected chi connectivity index (χ4v) is 4.34. The number of carbonyl (C=O) groups is 3. The van der Waals surface area contributed by atoms with Gasteiger partial charge in [-0.3, -0.25) is 14.4 Å². The van der Waals surface area contributed by atoms with Crippen LogP contribution in [0.25, 0.3) is 10.9 Å². The van der Waals surface area contributed by atoms with Gasteiger partial charge in [-0.15, -0.1) is 0 Å². The molecule has 0 saturated carbocycles. The topological polar surface area (TPSA) is 83.4 Å². The van der Waals surface area contributed by atoms with Gasteiger partial charge in [0.05, 0.1) is 11.3 Å². The highest BCUT2D eigenvalue weighted by Crippen LogP contribution is 2.30. The number of benzene rings is 2. The van der Waals surface area contributed by atoms with Gasteiger partial charge in [0.1, 0.15) is 6.04 Å². The first-order valence-electron chi connectivity index (χ1n) is 10.2. The van der Waals surface area contributed by atoms with E-state index in [4.69, 9.17) is 0 Å². The Labute approximate surface area is 173 Å². The lowest BCUT2D eigenvalue weighted by Gasteiger charge is -2.20. The van der Waals surface area contributed by atoms with E-state index >= 15 is 0 Å². The number of carbonyl (C=O) groups excluding carboxylic acids is 3. The SMILES string of the molecule is O=C(CCn1ccc2ccccc21)Nc1ccc2c(c1)C(=O)N1CCC[C@@H]1C(=O)N2. The molecule has 3 aromatic rings. The third-order valence-corrected chi connectivity index (χ3v) is 5.87. The van der Waals surface area contributed by atoms with E-state index in [-0.39, 0.29) is 17.7 Å². The Hall–Kier alpha value is -3.61. The number of hydrogen-bond acceptors (Lipinski definition) is 3. The molecule has 7 heteroatoms. The van der Waals surface area contributed by atoms with Gasteiger partial charge in [-0.1, -0.05) is 18.2 Å². The fourth-order valence-electron chi connectivity index (χ4n) is 4.34. The van der Waals surface area contributed by atoms with Crippen molar-refractivity contribution in [3.05, 3.63) is 60.3 Å². The van der Waals surface area contributed by atoms with E-state index < -0.39 is 6.04 Å². The Morgan fingerprint density at radius 3 is 2.90 bits per heavy atom. The largest absolute Gasteiger partial charge is 0.347 e. The minimum absolute atomic E-state index is 0.128. The van der Waals surface area contributed by atoms with Gasteiger partial charge in [-0.25, -0.2) is 0 Å². The van der Waals surface area contributed by atoms with Crippen LogP contribution in [0.15, 0.2) is 54.7 Å². The Balaban J connectivity index is 1.30. The first-order valence-corrected chi connectivity index (χ1v) is 10.2.